The number of para-hydroxylation sites is 2. The number of hydrogen-bond donors (Lipinski definition) is 3. The summed E-state index contributed by atoms with van der Waals surface area (Å²) < 4.78 is 28.0. The second-order valence-corrected chi connectivity index (χ2v) is 6.23. The Morgan fingerprint density at radius 2 is 1.25 bits per heavy atom. The van der Waals surface area contributed by atoms with Gasteiger partial charge in [-0.2, -0.15) is 15.0 Å². The number of nitrogens with one attached hydrogen (secondary N) is 3. The predicted octanol–water partition coefficient (Wildman–Crippen LogP) is 3.05. The topological polar surface area (TPSA) is 78.0 Å². The van der Waals surface area contributed by atoms with Gasteiger partial charge in [-0.1, -0.05) is 24.3 Å². The highest BCUT2D eigenvalue weighted by molar-refractivity contribution is 5.60. The van der Waals surface area contributed by atoms with Crippen LogP contribution in [0, 0.1) is 11.6 Å². The predicted molar refractivity (Wildman–Crippen MR) is 104 cm³/mol. The molecule has 0 bridgehead atoms. The largest absolute Gasteiger partial charge is 0.338 e. The van der Waals surface area contributed by atoms with Gasteiger partial charge in [-0.3, -0.25) is 0 Å². The molecule has 144 valence electrons. The summed E-state index contributed by atoms with van der Waals surface area (Å²) in [4.78, 5) is 15.1. The van der Waals surface area contributed by atoms with Gasteiger partial charge in [0.1, 0.15) is 11.6 Å². The molecule has 0 unspecified atom stereocenters. The van der Waals surface area contributed by atoms with Crippen molar-refractivity contribution in [1.29, 1.82) is 0 Å². The highest BCUT2D eigenvalue weighted by Gasteiger charge is 2.17. The summed E-state index contributed by atoms with van der Waals surface area (Å²) in [6, 6.07) is 12.5. The molecule has 0 atom stereocenters. The van der Waals surface area contributed by atoms with E-state index in [0.717, 1.165) is 26.2 Å². The first-order chi connectivity index (χ1) is 13.7. The number of halogens is 2. The minimum atomic E-state index is -0.421. The monoisotopic (exact) mass is 383 g/mol. The molecule has 1 aliphatic rings. The smallest absolute Gasteiger partial charge is 0.233 e. The van der Waals surface area contributed by atoms with E-state index in [4.69, 9.17) is 0 Å². The molecule has 1 aliphatic heterocycles. The molecule has 1 fully saturated rings. The lowest BCUT2D eigenvalue weighted by Crippen LogP contribution is -2.44. The van der Waals surface area contributed by atoms with Gasteiger partial charge in [-0.05, 0) is 24.3 Å². The van der Waals surface area contributed by atoms with E-state index in [2.05, 4.69) is 30.9 Å². The molecule has 4 rings (SSSR count). The summed E-state index contributed by atoms with van der Waals surface area (Å²) >= 11 is 0. The third-order valence-corrected chi connectivity index (χ3v) is 4.26. The van der Waals surface area contributed by atoms with Crippen LogP contribution in [-0.2, 0) is 0 Å². The molecule has 7 nitrogen and oxygen atoms in total. The van der Waals surface area contributed by atoms with Crippen molar-refractivity contribution < 1.29 is 8.78 Å². The van der Waals surface area contributed by atoms with Crippen molar-refractivity contribution in [2.24, 2.45) is 0 Å². The molecule has 3 aromatic rings. The number of aromatic nitrogens is 3. The molecule has 0 amide bonds. The van der Waals surface area contributed by atoms with Crippen LogP contribution < -0.4 is 20.9 Å². The number of benzene rings is 2. The zero-order chi connectivity index (χ0) is 19.3. The summed E-state index contributed by atoms with van der Waals surface area (Å²) in [5, 5.41) is 9.02. The molecule has 0 spiro atoms. The minimum Gasteiger partial charge on any atom is -0.338 e. The Labute approximate surface area is 160 Å². The Balaban J connectivity index is 1.68. The number of nitrogens with zero attached hydrogens (tertiary/aromatic N) is 4. The van der Waals surface area contributed by atoms with E-state index in [1.165, 1.54) is 12.1 Å². The van der Waals surface area contributed by atoms with Crippen molar-refractivity contribution >= 4 is 29.2 Å². The van der Waals surface area contributed by atoms with Crippen LogP contribution in [0.3, 0.4) is 0 Å². The van der Waals surface area contributed by atoms with Crippen molar-refractivity contribution in [2.45, 2.75) is 0 Å². The Morgan fingerprint density at radius 1 is 0.750 bits per heavy atom. The van der Waals surface area contributed by atoms with E-state index in [1.54, 1.807) is 36.4 Å². The molecule has 0 aliphatic carbocycles. The Morgan fingerprint density at radius 3 is 1.75 bits per heavy atom. The van der Waals surface area contributed by atoms with Gasteiger partial charge in [0.05, 0.1) is 11.4 Å². The molecule has 28 heavy (non-hydrogen) atoms. The average molecular weight is 383 g/mol. The minimum absolute atomic E-state index is 0.174. The Bertz CT molecular complexity index is 895. The van der Waals surface area contributed by atoms with E-state index in [-0.39, 0.29) is 23.3 Å². The molecule has 1 aromatic heterocycles. The van der Waals surface area contributed by atoms with Crippen molar-refractivity contribution in [3.05, 3.63) is 60.2 Å². The second kappa shape index (κ2) is 8.13. The first kappa shape index (κ1) is 18.1. The zero-order valence-electron chi connectivity index (χ0n) is 15.0. The quantitative estimate of drug-likeness (QED) is 0.625. The molecule has 3 N–H and O–H groups in total. The standard InChI is InChI=1S/C19H19F2N7/c20-13-5-1-3-7-15(13)23-17-25-18(24-16-8-4-2-6-14(16)21)27-19(26-17)28-11-9-22-10-12-28/h1-8,22H,9-12H2,(H2,23,24,25,26,27). The van der Waals surface area contributed by atoms with Gasteiger partial charge in [0.2, 0.25) is 17.8 Å². The maximum atomic E-state index is 14.0. The normalized spacial score (nSPS) is 14.0. The lowest BCUT2D eigenvalue weighted by atomic mass is 10.3. The van der Waals surface area contributed by atoms with E-state index >= 15 is 0 Å². The number of hydrogen-bond acceptors (Lipinski definition) is 7. The molecule has 2 aromatic carbocycles. The van der Waals surface area contributed by atoms with Crippen LogP contribution in [-0.4, -0.2) is 41.1 Å². The van der Waals surface area contributed by atoms with Crippen LogP contribution in [0.15, 0.2) is 48.5 Å². The first-order valence-corrected chi connectivity index (χ1v) is 8.94. The van der Waals surface area contributed by atoms with Gasteiger partial charge in [0, 0.05) is 26.2 Å². The lowest BCUT2D eigenvalue weighted by Gasteiger charge is -2.27. The number of anilines is 5. The fourth-order valence-corrected chi connectivity index (χ4v) is 2.85. The van der Waals surface area contributed by atoms with Gasteiger partial charge >= 0.3 is 0 Å². The van der Waals surface area contributed by atoms with E-state index < -0.39 is 11.6 Å². The summed E-state index contributed by atoms with van der Waals surface area (Å²) in [6.07, 6.45) is 0. The van der Waals surface area contributed by atoms with E-state index in [9.17, 15) is 8.78 Å². The maximum absolute atomic E-state index is 14.0. The molecule has 0 radical (unpaired) electrons. The molecule has 2 heterocycles. The van der Waals surface area contributed by atoms with Gasteiger partial charge in [-0.15, -0.1) is 0 Å². The van der Waals surface area contributed by atoms with Crippen molar-refractivity contribution in [3.8, 4) is 0 Å². The van der Waals surface area contributed by atoms with Crippen LogP contribution in [0.1, 0.15) is 0 Å². The lowest BCUT2D eigenvalue weighted by molar-refractivity contribution is 0.579. The fourth-order valence-electron chi connectivity index (χ4n) is 2.85. The molecule has 1 saturated heterocycles. The van der Waals surface area contributed by atoms with Gasteiger partial charge in [0.25, 0.3) is 0 Å². The summed E-state index contributed by atoms with van der Waals surface area (Å²) in [6.45, 7) is 3.06. The van der Waals surface area contributed by atoms with E-state index in [0.29, 0.717) is 5.95 Å². The van der Waals surface area contributed by atoms with Crippen LogP contribution in [0.25, 0.3) is 0 Å². The number of rotatable bonds is 5. The highest BCUT2D eigenvalue weighted by atomic mass is 19.1. The third-order valence-electron chi connectivity index (χ3n) is 4.26. The van der Waals surface area contributed by atoms with Crippen LogP contribution in [0.4, 0.5) is 38.0 Å². The maximum Gasteiger partial charge on any atom is 0.233 e. The molecular weight excluding hydrogens is 364 g/mol. The van der Waals surface area contributed by atoms with Crippen molar-refractivity contribution in [2.75, 3.05) is 41.7 Å². The fraction of sp³-hybridized carbons (Fsp3) is 0.211. The van der Waals surface area contributed by atoms with Crippen molar-refractivity contribution in [1.82, 2.24) is 20.3 Å². The SMILES string of the molecule is Fc1ccccc1Nc1nc(Nc2ccccc2F)nc(N2CCNCC2)n1. The Hall–Kier alpha value is -3.33. The van der Waals surface area contributed by atoms with Gasteiger partial charge in [0.15, 0.2) is 0 Å². The van der Waals surface area contributed by atoms with Crippen molar-refractivity contribution in [3.63, 3.8) is 0 Å². The molecule has 0 saturated carbocycles. The number of piperazine rings is 1. The van der Waals surface area contributed by atoms with E-state index in [1.807, 2.05) is 4.90 Å². The van der Waals surface area contributed by atoms with Crippen LogP contribution in [0.5, 0.6) is 0 Å². The molecular formula is C19H19F2N7. The van der Waals surface area contributed by atoms with Gasteiger partial charge < -0.3 is 20.9 Å². The first-order valence-electron chi connectivity index (χ1n) is 8.94. The molecule has 9 heteroatoms. The van der Waals surface area contributed by atoms with Crippen LogP contribution >= 0.6 is 0 Å². The summed E-state index contributed by atoms with van der Waals surface area (Å²) in [5.41, 5.74) is 0.494. The second-order valence-electron chi connectivity index (χ2n) is 6.23. The van der Waals surface area contributed by atoms with Gasteiger partial charge in [-0.25, -0.2) is 8.78 Å². The summed E-state index contributed by atoms with van der Waals surface area (Å²) in [5.74, 6) is -0.0559. The Kier molecular flexibility index (Phi) is 5.24. The van der Waals surface area contributed by atoms with Crippen LogP contribution in [0.2, 0.25) is 0 Å². The average Bonchev–Trinajstić information content (AvgIpc) is 2.72. The zero-order valence-corrected chi connectivity index (χ0v) is 15.0. The summed E-state index contributed by atoms with van der Waals surface area (Å²) in [7, 11) is 0. The third kappa shape index (κ3) is 4.15. The highest BCUT2D eigenvalue weighted by Crippen LogP contribution is 2.23.